The van der Waals surface area contributed by atoms with Crippen LogP contribution in [0.3, 0.4) is 0 Å². The molecule has 1 aromatic carbocycles. The molecule has 7 N–H and O–H groups in total. The molecule has 0 aromatic heterocycles. The maximum absolute atomic E-state index is 9.25. The minimum absolute atomic E-state index is 0.129. The summed E-state index contributed by atoms with van der Waals surface area (Å²) in [5.74, 6) is -0.381. The first kappa shape index (κ1) is 11.6. The van der Waals surface area contributed by atoms with Crippen LogP contribution in [0.25, 0.3) is 0 Å². The Morgan fingerprint density at radius 1 is 1.25 bits per heavy atom. The Hall–Kier alpha value is -2.44. The van der Waals surface area contributed by atoms with E-state index in [1.807, 2.05) is 0 Å². The lowest BCUT2D eigenvalue weighted by molar-refractivity contribution is 0.404. The molecule has 16 heavy (non-hydrogen) atoms. The zero-order valence-electron chi connectivity index (χ0n) is 8.68. The topological polar surface area (TPSA) is 129 Å². The van der Waals surface area contributed by atoms with Crippen molar-refractivity contribution < 1.29 is 10.2 Å². The average Bonchev–Trinajstić information content (AvgIpc) is 2.22. The van der Waals surface area contributed by atoms with Crippen LogP contribution < -0.4 is 16.8 Å². The van der Waals surface area contributed by atoms with Crippen molar-refractivity contribution in [3.05, 3.63) is 18.2 Å². The van der Waals surface area contributed by atoms with E-state index in [9.17, 15) is 5.11 Å². The molecule has 0 saturated heterocycles. The van der Waals surface area contributed by atoms with Crippen molar-refractivity contribution in [2.75, 3.05) is 12.4 Å². The third-order valence-corrected chi connectivity index (χ3v) is 1.68. The van der Waals surface area contributed by atoms with Crippen LogP contribution in [0, 0.1) is 0 Å². The molecular weight excluding hydrogens is 210 g/mol. The number of aliphatic imine (C=N–C) groups is 2. The van der Waals surface area contributed by atoms with Gasteiger partial charge in [0.25, 0.3) is 0 Å². The predicted molar refractivity (Wildman–Crippen MR) is 62.6 cm³/mol. The van der Waals surface area contributed by atoms with Gasteiger partial charge >= 0.3 is 0 Å². The molecule has 0 radical (unpaired) electrons. The zero-order chi connectivity index (χ0) is 12.1. The first-order chi connectivity index (χ1) is 7.52. The van der Waals surface area contributed by atoms with E-state index in [-0.39, 0.29) is 23.4 Å². The van der Waals surface area contributed by atoms with E-state index in [1.165, 1.54) is 19.2 Å². The Morgan fingerprint density at radius 3 is 2.44 bits per heavy atom. The summed E-state index contributed by atoms with van der Waals surface area (Å²) in [5, 5.41) is 21.1. The van der Waals surface area contributed by atoms with Crippen LogP contribution in [0.4, 0.5) is 5.69 Å². The highest BCUT2D eigenvalue weighted by Crippen LogP contribution is 2.27. The highest BCUT2D eigenvalue weighted by molar-refractivity contribution is 6.01. The van der Waals surface area contributed by atoms with Crippen molar-refractivity contribution in [2.24, 2.45) is 21.5 Å². The molecule has 0 bridgehead atoms. The largest absolute Gasteiger partial charge is 0.504 e. The second-order valence-electron chi connectivity index (χ2n) is 2.91. The number of phenols is 2. The summed E-state index contributed by atoms with van der Waals surface area (Å²) < 4.78 is 0. The van der Waals surface area contributed by atoms with Gasteiger partial charge in [0.05, 0.1) is 0 Å². The molecule has 0 aliphatic rings. The predicted octanol–water partition coefficient (Wildman–Crippen LogP) is -0.231. The summed E-state index contributed by atoms with van der Waals surface area (Å²) in [5.41, 5.74) is 10.9. The number of rotatable bonds is 1. The molecule has 7 heteroatoms. The molecule has 0 fully saturated rings. The molecule has 1 rings (SSSR count). The lowest BCUT2D eigenvalue weighted by Gasteiger charge is -2.06. The number of nitrogens with two attached hydrogens (primary N) is 2. The number of nitrogens with one attached hydrogen (secondary N) is 1. The van der Waals surface area contributed by atoms with Crippen molar-refractivity contribution in [3.63, 3.8) is 0 Å². The third-order valence-electron chi connectivity index (χ3n) is 1.68. The molecule has 0 unspecified atom stereocenters. The number of hydrogen-bond acceptors (Lipinski definition) is 3. The maximum Gasteiger partial charge on any atom is 0.225 e. The lowest BCUT2D eigenvalue weighted by Crippen LogP contribution is -2.26. The van der Waals surface area contributed by atoms with Gasteiger partial charge in [-0.15, -0.1) is 0 Å². The van der Waals surface area contributed by atoms with Gasteiger partial charge in [-0.05, 0) is 12.1 Å². The standard InChI is InChI=1S/C9H13N5O2/c1-12-9(14-8(10)11)13-5-2-3-6(15)7(16)4-5/h2-4,15-16H,1H3,(H5,10,11,12,13,14). The van der Waals surface area contributed by atoms with Crippen molar-refractivity contribution in [3.8, 4) is 11.5 Å². The van der Waals surface area contributed by atoms with Gasteiger partial charge in [0.15, 0.2) is 17.5 Å². The van der Waals surface area contributed by atoms with Gasteiger partial charge in [-0.25, -0.2) is 0 Å². The minimum atomic E-state index is -0.245. The SMILES string of the molecule is CN=C(N=C(N)N)Nc1ccc(O)c(O)c1. The number of guanidine groups is 2. The van der Waals surface area contributed by atoms with E-state index in [4.69, 9.17) is 16.6 Å². The monoisotopic (exact) mass is 223 g/mol. The zero-order valence-corrected chi connectivity index (χ0v) is 8.68. The molecule has 0 atom stereocenters. The fourth-order valence-electron chi connectivity index (χ4n) is 0.986. The lowest BCUT2D eigenvalue weighted by atomic mass is 10.3. The van der Waals surface area contributed by atoms with E-state index < -0.39 is 0 Å². The Bertz CT molecular complexity index is 438. The second kappa shape index (κ2) is 4.87. The quantitative estimate of drug-likeness (QED) is 0.194. The fraction of sp³-hybridized carbons (Fsp3) is 0.111. The number of phenolic OH excluding ortho intramolecular Hbond substituents is 2. The van der Waals surface area contributed by atoms with Crippen LogP contribution in [0.2, 0.25) is 0 Å². The molecule has 0 heterocycles. The number of hydrogen-bond donors (Lipinski definition) is 5. The van der Waals surface area contributed by atoms with Gasteiger partial charge in [0.2, 0.25) is 5.96 Å². The van der Waals surface area contributed by atoms with E-state index in [0.29, 0.717) is 5.69 Å². The Morgan fingerprint density at radius 2 is 1.94 bits per heavy atom. The van der Waals surface area contributed by atoms with E-state index in [2.05, 4.69) is 15.3 Å². The molecule has 0 aliphatic heterocycles. The summed E-state index contributed by atoms with van der Waals surface area (Å²) in [6, 6.07) is 4.20. The van der Waals surface area contributed by atoms with E-state index in [0.717, 1.165) is 0 Å². The van der Waals surface area contributed by atoms with Crippen LogP contribution in [0.1, 0.15) is 0 Å². The molecular formula is C9H13N5O2. The molecule has 0 saturated carbocycles. The van der Waals surface area contributed by atoms with Crippen LogP contribution in [0.5, 0.6) is 11.5 Å². The van der Waals surface area contributed by atoms with Crippen LogP contribution >= 0.6 is 0 Å². The van der Waals surface area contributed by atoms with Crippen LogP contribution in [0.15, 0.2) is 28.2 Å². The Kier molecular flexibility index (Phi) is 3.54. The van der Waals surface area contributed by atoms with Crippen LogP contribution in [-0.2, 0) is 0 Å². The number of benzene rings is 1. The van der Waals surface area contributed by atoms with Gasteiger partial charge in [-0.2, -0.15) is 4.99 Å². The van der Waals surface area contributed by atoms with Crippen molar-refractivity contribution in [1.82, 2.24) is 0 Å². The third kappa shape index (κ3) is 3.05. The van der Waals surface area contributed by atoms with Crippen molar-refractivity contribution in [1.29, 1.82) is 0 Å². The smallest absolute Gasteiger partial charge is 0.225 e. The maximum atomic E-state index is 9.25. The molecule has 7 nitrogen and oxygen atoms in total. The van der Waals surface area contributed by atoms with Gasteiger partial charge < -0.3 is 27.0 Å². The highest BCUT2D eigenvalue weighted by Gasteiger charge is 2.02. The van der Waals surface area contributed by atoms with Crippen LogP contribution in [-0.4, -0.2) is 29.2 Å². The van der Waals surface area contributed by atoms with Crippen molar-refractivity contribution >= 4 is 17.6 Å². The van der Waals surface area contributed by atoms with E-state index in [1.54, 1.807) is 6.07 Å². The van der Waals surface area contributed by atoms with Gasteiger partial charge in [0, 0.05) is 18.8 Å². The fourth-order valence-corrected chi connectivity index (χ4v) is 0.986. The molecule has 0 spiro atoms. The first-order valence-corrected chi connectivity index (χ1v) is 4.38. The summed E-state index contributed by atoms with van der Waals surface area (Å²) in [6.07, 6.45) is 0. The van der Waals surface area contributed by atoms with Crippen molar-refractivity contribution in [2.45, 2.75) is 0 Å². The first-order valence-electron chi connectivity index (χ1n) is 4.38. The Balaban J connectivity index is 2.87. The molecule has 0 amide bonds. The van der Waals surface area contributed by atoms with Gasteiger partial charge in [0.1, 0.15) is 0 Å². The normalized spacial score (nSPS) is 10.9. The summed E-state index contributed by atoms with van der Waals surface area (Å²) in [4.78, 5) is 7.50. The van der Waals surface area contributed by atoms with E-state index >= 15 is 0 Å². The number of nitrogens with zero attached hydrogens (tertiary/aromatic N) is 2. The van der Waals surface area contributed by atoms with Gasteiger partial charge in [-0.1, -0.05) is 0 Å². The number of aromatic hydroxyl groups is 2. The minimum Gasteiger partial charge on any atom is -0.504 e. The molecule has 0 aliphatic carbocycles. The molecule has 1 aromatic rings. The summed E-state index contributed by atoms with van der Waals surface area (Å²) in [7, 11) is 1.51. The molecule has 86 valence electrons. The Labute approximate surface area is 92.1 Å². The highest BCUT2D eigenvalue weighted by atomic mass is 16.3. The summed E-state index contributed by atoms with van der Waals surface area (Å²) >= 11 is 0. The van der Waals surface area contributed by atoms with Gasteiger partial charge in [-0.3, -0.25) is 4.99 Å². The second-order valence-corrected chi connectivity index (χ2v) is 2.91. The summed E-state index contributed by atoms with van der Waals surface area (Å²) in [6.45, 7) is 0. The number of anilines is 1. The average molecular weight is 223 g/mol.